The third-order valence-electron chi connectivity index (χ3n) is 3.77. The Bertz CT molecular complexity index is 403. The number of methoxy groups -OCH3 is 2. The van der Waals surface area contributed by atoms with Crippen molar-refractivity contribution in [2.45, 2.75) is 24.9 Å². The summed E-state index contributed by atoms with van der Waals surface area (Å²) in [5.74, 6) is 2.28. The lowest BCUT2D eigenvalue weighted by molar-refractivity contribution is 0.201. The molecular weight excluding hydrogens is 228 g/mol. The Hall–Kier alpha value is -1.26. The average Bonchev–Trinajstić information content (AvgIpc) is 2.37. The second-order valence-corrected chi connectivity index (χ2v) is 4.87. The van der Waals surface area contributed by atoms with Crippen molar-refractivity contribution in [2.75, 3.05) is 21.3 Å². The molecule has 100 valence electrons. The van der Waals surface area contributed by atoms with Gasteiger partial charge in [0, 0.05) is 23.7 Å². The van der Waals surface area contributed by atoms with E-state index in [2.05, 4.69) is 11.4 Å². The van der Waals surface area contributed by atoms with E-state index in [1.807, 2.05) is 19.2 Å². The maximum Gasteiger partial charge on any atom is 0.127 e. The molecule has 0 spiro atoms. The monoisotopic (exact) mass is 250 g/mol. The lowest BCUT2D eigenvalue weighted by Crippen LogP contribution is -2.42. The summed E-state index contributed by atoms with van der Waals surface area (Å²) in [5, 5.41) is 3.38. The largest absolute Gasteiger partial charge is 0.497 e. The molecule has 1 aromatic rings. The normalized spacial score (nSPS) is 24.2. The average molecular weight is 250 g/mol. The lowest BCUT2D eigenvalue weighted by Gasteiger charge is -2.39. The summed E-state index contributed by atoms with van der Waals surface area (Å²) < 4.78 is 10.7. The van der Waals surface area contributed by atoms with Gasteiger partial charge in [0.1, 0.15) is 11.5 Å². The Morgan fingerprint density at radius 2 is 2.00 bits per heavy atom. The van der Waals surface area contributed by atoms with Gasteiger partial charge in [0.15, 0.2) is 0 Å². The van der Waals surface area contributed by atoms with Gasteiger partial charge >= 0.3 is 0 Å². The minimum atomic E-state index is 0.297. The summed E-state index contributed by atoms with van der Waals surface area (Å²) in [6.07, 6.45) is 2.14. The number of nitrogens with one attached hydrogen (secondary N) is 1. The molecule has 4 heteroatoms. The molecule has 0 radical (unpaired) electrons. The topological polar surface area (TPSA) is 56.5 Å². The number of hydrogen-bond acceptors (Lipinski definition) is 4. The molecule has 1 saturated carbocycles. The van der Waals surface area contributed by atoms with Crippen LogP contribution in [0.3, 0.4) is 0 Å². The van der Waals surface area contributed by atoms with Crippen LogP contribution in [-0.4, -0.2) is 27.3 Å². The van der Waals surface area contributed by atoms with E-state index >= 15 is 0 Å². The van der Waals surface area contributed by atoms with Gasteiger partial charge in [0.25, 0.3) is 0 Å². The third-order valence-corrected chi connectivity index (χ3v) is 3.77. The van der Waals surface area contributed by atoms with Crippen LogP contribution in [0.2, 0.25) is 0 Å². The fourth-order valence-corrected chi connectivity index (χ4v) is 2.70. The van der Waals surface area contributed by atoms with Crippen LogP contribution >= 0.6 is 0 Å². The fraction of sp³-hybridized carbons (Fsp3) is 0.571. The van der Waals surface area contributed by atoms with E-state index < -0.39 is 0 Å². The first-order valence-corrected chi connectivity index (χ1v) is 6.34. The first-order chi connectivity index (χ1) is 8.69. The van der Waals surface area contributed by atoms with Crippen molar-refractivity contribution in [1.29, 1.82) is 0 Å². The zero-order valence-corrected chi connectivity index (χ0v) is 11.3. The van der Waals surface area contributed by atoms with Crippen molar-refractivity contribution in [3.05, 3.63) is 23.8 Å². The predicted octanol–water partition coefficient (Wildman–Crippen LogP) is 1.70. The number of hydrogen-bond donors (Lipinski definition) is 2. The van der Waals surface area contributed by atoms with Gasteiger partial charge in [0.2, 0.25) is 0 Å². The van der Waals surface area contributed by atoms with Gasteiger partial charge in [-0.3, -0.25) is 0 Å². The summed E-state index contributed by atoms with van der Waals surface area (Å²) in [5.41, 5.74) is 7.06. The molecule has 18 heavy (non-hydrogen) atoms. The predicted molar refractivity (Wildman–Crippen MR) is 72.0 cm³/mol. The minimum Gasteiger partial charge on any atom is -0.497 e. The molecule has 1 unspecified atom stereocenters. The highest BCUT2D eigenvalue weighted by atomic mass is 16.5. The van der Waals surface area contributed by atoms with Crippen LogP contribution in [0.25, 0.3) is 0 Å². The molecule has 1 aliphatic carbocycles. The van der Waals surface area contributed by atoms with Crippen LogP contribution in [0.15, 0.2) is 18.2 Å². The van der Waals surface area contributed by atoms with E-state index in [0.29, 0.717) is 18.0 Å². The molecule has 1 fully saturated rings. The Labute approximate surface area is 108 Å². The van der Waals surface area contributed by atoms with E-state index in [1.54, 1.807) is 14.2 Å². The fourth-order valence-electron chi connectivity index (χ4n) is 2.70. The van der Waals surface area contributed by atoms with Crippen LogP contribution in [0.1, 0.15) is 24.4 Å². The van der Waals surface area contributed by atoms with Crippen molar-refractivity contribution in [3.8, 4) is 11.5 Å². The maximum absolute atomic E-state index is 5.88. The van der Waals surface area contributed by atoms with E-state index in [0.717, 1.165) is 24.3 Å². The van der Waals surface area contributed by atoms with Crippen LogP contribution in [0, 0.1) is 5.92 Å². The van der Waals surface area contributed by atoms with Crippen LogP contribution in [0.4, 0.5) is 0 Å². The van der Waals surface area contributed by atoms with Gasteiger partial charge < -0.3 is 20.5 Å². The molecule has 2 rings (SSSR count). The molecule has 0 bridgehead atoms. The molecule has 4 nitrogen and oxygen atoms in total. The van der Waals surface area contributed by atoms with Gasteiger partial charge in [-0.25, -0.2) is 0 Å². The van der Waals surface area contributed by atoms with E-state index in [-0.39, 0.29) is 0 Å². The summed E-state index contributed by atoms with van der Waals surface area (Å²) in [6, 6.07) is 6.63. The third kappa shape index (κ3) is 2.44. The molecule has 1 aliphatic rings. The van der Waals surface area contributed by atoms with Crippen LogP contribution in [0.5, 0.6) is 11.5 Å². The van der Waals surface area contributed by atoms with Crippen molar-refractivity contribution in [1.82, 2.24) is 5.32 Å². The number of ether oxygens (including phenoxy) is 2. The molecule has 0 aliphatic heterocycles. The highest BCUT2D eigenvalue weighted by Crippen LogP contribution is 2.40. The van der Waals surface area contributed by atoms with Crippen LogP contribution in [-0.2, 0) is 0 Å². The van der Waals surface area contributed by atoms with Crippen molar-refractivity contribution in [2.24, 2.45) is 11.7 Å². The van der Waals surface area contributed by atoms with Gasteiger partial charge in [-0.1, -0.05) is 6.07 Å². The molecule has 0 aromatic heterocycles. The SMILES string of the molecule is CNC(c1ccc(OC)cc1OC)C1CC(N)C1. The summed E-state index contributed by atoms with van der Waals surface area (Å²) in [4.78, 5) is 0. The number of rotatable bonds is 5. The van der Waals surface area contributed by atoms with Gasteiger partial charge in [-0.15, -0.1) is 0 Å². The number of nitrogens with two attached hydrogens (primary N) is 1. The van der Waals surface area contributed by atoms with Crippen molar-refractivity contribution >= 4 is 0 Å². The van der Waals surface area contributed by atoms with Crippen molar-refractivity contribution in [3.63, 3.8) is 0 Å². The quantitative estimate of drug-likeness (QED) is 0.835. The molecule has 0 amide bonds. The smallest absolute Gasteiger partial charge is 0.127 e. The Morgan fingerprint density at radius 3 is 2.50 bits per heavy atom. The first-order valence-electron chi connectivity index (χ1n) is 6.34. The Kier molecular flexibility index (Phi) is 4.09. The summed E-state index contributed by atoms with van der Waals surface area (Å²) in [7, 11) is 5.34. The second kappa shape index (κ2) is 5.59. The minimum absolute atomic E-state index is 0.297. The van der Waals surface area contributed by atoms with E-state index in [4.69, 9.17) is 15.2 Å². The van der Waals surface area contributed by atoms with E-state index in [9.17, 15) is 0 Å². The van der Waals surface area contributed by atoms with Crippen molar-refractivity contribution < 1.29 is 9.47 Å². The second-order valence-electron chi connectivity index (χ2n) is 4.87. The van der Waals surface area contributed by atoms with Gasteiger partial charge in [0.05, 0.1) is 14.2 Å². The molecule has 3 N–H and O–H groups in total. The lowest BCUT2D eigenvalue weighted by atomic mass is 9.74. The zero-order chi connectivity index (χ0) is 13.1. The summed E-state index contributed by atoms with van der Waals surface area (Å²) >= 11 is 0. The zero-order valence-electron chi connectivity index (χ0n) is 11.3. The first kappa shape index (κ1) is 13.2. The molecular formula is C14H22N2O2. The molecule has 1 aromatic carbocycles. The summed E-state index contributed by atoms with van der Waals surface area (Å²) in [6.45, 7) is 0. The molecule has 0 heterocycles. The Morgan fingerprint density at radius 1 is 1.28 bits per heavy atom. The molecule has 1 atom stereocenters. The standard InChI is InChI=1S/C14H22N2O2/c1-16-14(9-6-10(15)7-9)12-5-4-11(17-2)8-13(12)18-3/h4-5,8-10,14,16H,6-7,15H2,1-3H3. The highest BCUT2D eigenvalue weighted by molar-refractivity contribution is 5.43. The van der Waals surface area contributed by atoms with E-state index in [1.165, 1.54) is 5.56 Å². The number of benzene rings is 1. The van der Waals surface area contributed by atoms with Gasteiger partial charge in [-0.05, 0) is 31.9 Å². The Balaban J connectivity index is 2.24. The van der Waals surface area contributed by atoms with Gasteiger partial charge in [-0.2, -0.15) is 0 Å². The molecule has 0 saturated heterocycles. The van der Waals surface area contributed by atoms with Crippen LogP contribution < -0.4 is 20.5 Å². The maximum atomic E-state index is 5.88. The highest BCUT2D eigenvalue weighted by Gasteiger charge is 2.34.